The third-order valence-corrected chi connectivity index (χ3v) is 4.88. The van der Waals surface area contributed by atoms with Crippen LogP contribution in [-0.2, 0) is 0 Å². The van der Waals surface area contributed by atoms with Gasteiger partial charge >= 0.3 is 6.03 Å². The number of urea groups is 1. The van der Waals surface area contributed by atoms with Crippen molar-refractivity contribution in [1.29, 1.82) is 0 Å². The second-order valence-corrected chi connectivity index (χ2v) is 6.71. The molecule has 0 aromatic carbocycles. The van der Waals surface area contributed by atoms with Crippen LogP contribution in [0.5, 0.6) is 0 Å². The van der Waals surface area contributed by atoms with Crippen molar-refractivity contribution in [3.63, 3.8) is 0 Å². The molecule has 0 spiro atoms. The number of nitrogens with one attached hydrogen (secondary N) is 1. The number of carbonyl (C=O) groups is 1. The number of pyridine rings is 1. The Hall–Kier alpha value is -1.62. The average Bonchev–Trinajstić information content (AvgIpc) is 3.25. The smallest absolute Gasteiger partial charge is 0.317 e. The van der Waals surface area contributed by atoms with E-state index in [4.69, 9.17) is 0 Å². The van der Waals surface area contributed by atoms with E-state index in [1.54, 1.807) is 11.1 Å². The molecule has 120 valence electrons. The summed E-state index contributed by atoms with van der Waals surface area (Å²) in [6.07, 6.45) is 7.41. The van der Waals surface area contributed by atoms with E-state index in [1.165, 1.54) is 19.4 Å². The van der Waals surface area contributed by atoms with Gasteiger partial charge in [0.1, 0.15) is 0 Å². The van der Waals surface area contributed by atoms with Gasteiger partial charge < -0.3 is 15.1 Å². The standard InChI is InChI=1S/C17H26N4O/c1-13(15-4-3-8-18-10-15)20(2)17(22)19-16-7-9-21(12-16)11-14-5-6-14/h3-4,8,10,13-14,16H,5-7,9,11-12H2,1-2H3,(H,19,22)/t13-,16-/m1/s1. The molecule has 0 unspecified atom stereocenters. The van der Waals surface area contributed by atoms with Gasteiger partial charge in [-0.2, -0.15) is 0 Å². The molecule has 1 saturated heterocycles. The van der Waals surface area contributed by atoms with Gasteiger partial charge in [0.05, 0.1) is 6.04 Å². The minimum Gasteiger partial charge on any atom is -0.334 e. The van der Waals surface area contributed by atoms with Crippen molar-refractivity contribution in [2.45, 2.75) is 38.3 Å². The maximum Gasteiger partial charge on any atom is 0.317 e. The van der Waals surface area contributed by atoms with Crippen molar-refractivity contribution in [3.05, 3.63) is 30.1 Å². The Kier molecular flexibility index (Phi) is 4.62. The monoisotopic (exact) mass is 302 g/mol. The molecule has 2 fully saturated rings. The maximum absolute atomic E-state index is 12.4. The highest BCUT2D eigenvalue weighted by molar-refractivity contribution is 5.74. The summed E-state index contributed by atoms with van der Waals surface area (Å²) in [5.41, 5.74) is 1.06. The van der Waals surface area contributed by atoms with Crippen molar-refractivity contribution in [3.8, 4) is 0 Å². The number of likely N-dealkylation sites (tertiary alicyclic amines) is 1. The molecular formula is C17H26N4O. The van der Waals surface area contributed by atoms with Crippen molar-refractivity contribution >= 4 is 6.03 Å². The van der Waals surface area contributed by atoms with Crippen LogP contribution in [0.4, 0.5) is 4.79 Å². The number of hydrogen-bond acceptors (Lipinski definition) is 3. The fourth-order valence-corrected chi connectivity index (χ4v) is 3.08. The largest absolute Gasteiger partial charge is 0.334 e. The Morgan fingerprint density at radius 1 is 1.50 bits per heavy atom. The summed E-state index contributed by atoms with van der Waals surface area (Å²) in [7, 11) is 1.85. The lowest BCUT2D eigenvalue weighted by Crippen LogP contribution is -2.45. The predicted octanol–water partition coefficient (Wildman–Crippen LogP) is 2.27. The summed E-state index contributed by atoms with van der Waals surface area (Å²) in [4.78, 5) is 20.8. The van der Waals surface area contributed by atoms with E-state index in [2.05, 4.69) is 15.2 Å². The lowest BCUT2D eigenvalue weighted by Gasteiger charge is -2.27. The molecule has 1 aliphatic heterocycles. The molecule has 2 amide bonds. The summed E-state index contributed by atoms with van der Waals surface area (Å²) < 4.78 is 0. The van der Waals surface area contributed by atoms with Crippen LogP contribution in [0.15, 0.2) is 24.5 Å². The fraction of sp³-hybridized carbons (Fsp3) is 0.647. The van der Waals surface area contributed by atoms with Crippen LogP contribution in [0, 0.1) is 5.92 Å². The molecule has 0 bridgehead atoms. The lowest BCUT2D eigenvalue weighted by atomic mass is 10.1. The van der Waals surface area contributed by atoms with Crippen LogP contribution in [-0.4, -0.2) is 53.5 Å². The van der Waals surface area contributed by atoms with Gasteiger partial charge in [0.2, 0.25) is 0 Å². The maximum atomic E-state index is 12.4. The summed E-state index contributed by atoms with van der Waals surface area (Å²) in [6.45, 7) is 5.36. The molecule has 1 aromatic heterocycles. The third-order valence-electron chi connectivity index (χ3n) is 4.88. The molecule has 0 radical (unpaired) electrons. The Bertz CT molecular complexity index is 503. The molecular weight excluding hydrogens is 276 g/mol. The zero-order valence-corrected chi connectivity index (χ0v) is 13.5. The molecule has 5 heteroatoms. The Morgan fingerprint density at radius 3 is 3.00 bits per heavy atom. The molecule has 1 aliphatic carbocycles. The van der Waals surface area contributed by atoms with Crippen LogP contribution in [0.2, 0.25) is 0 Å². The highest BCUT2D eigenvalue weighted by Crippen LogP contribution is 2.30. The lowest BCUT2D eigenvalue weighted by molar-refractivity contribution is 0.190. The van der Waals surface area contributed by atoms with E-state index in [-0.39, 0.29) is 18.1 Å². The van der Waals surface area contributed by atoms with Crippen molar-refractivity contribution < 1.29 is 4.79 Å². The van der Waals surface area contributed by atoms with E-state index in [1.807, 2.05) is 32.3 Å². The molecule has 2 aliphatic rings. The van der Waals surface area contributed by atoms with Gasteiger partial charge in [-0.25, -0.2) is 4.79 Å². The molecule has 5 nitrogen and oxygen atoms in total. The molecule has 22 heavy (non-hydrogen) atoms. The van der Waals surface area contributed by atoms with E-state index in [9.17, 15) is 4.79 Å². The number of rotatable bonds is 5. The van der Waals surface area contributed by atoms with E-state index in [0.29, 0.717) is 0 Å². The second-order valence-electron chi connectivity index (χ2n) is 6.71. The molecule has 1 N–H and O–H groups in total. The summed E-state index contributed by atoms with van der Waals surface area (Å²) in [5.74, 6) is 0.919. The minimum atomic E-state index is 0.00891. The zero-order chi connectivity index (χ0) is 15.5. The Morgan fingerprint density at radius 2 is 2.32 bits per heavy atom. The summed E-state index contributed by atoms with van der Waals surface area (Å²) >= 11 is 0. The average molecular weight is 302 g/mol. The topological polar surface area (TPSA) is 48.5 Å². The highest BCUT2D eigenvalue weighted by atomic mass is 16.2. The van der Waals surface area contributed by atoms with Gasteiger partial charge in [-0.05, 0) is 43.7 Å². The normalized spacial score (nSPS) is 23.3. The van der Waals surface area contributed by atoms with Crippen LogP contribution >= 0.6 is 0 Å². The second kappa shape index (κ2) is 6.65. The van der Waals surface area contributed by atoms with Crippen LogP contribution in [0.3, 0.4) is 0 Å². The summed E-state index contributed by atoms with van der Waals surface area (Å²) in [5, 5.41) is 3.18. The number of carbonyl (C=O) groups excluding carboxylic acids is 1. The molecule has 3 rings (SSSR count). The number of aromatic nitrogens is 1. The predicted molar refractivity (Wildman–Crippen MR) is 86.5 cm³/mol. The van der Waals surface area contributed by atoms with Crippen LogP contribution in [0.25, 0.3) is 0 Å². The number of amides is 2. The molecule has 1 saturated carbocycles. The molecule has 1 aromatic rings. The molecule has 2 heterocycles. The van der Waals surface area contributed by atoms with E-state index in [0.717, 1.165) is 31.0 Å². The number of hydrogen-bond donors (Lipinski definition) is 1. The van der Waals surface area contributed by atoms with Crippen molar-refractivity contribution in [2.75, 3.05) is 26.7 Å². The van der Waals surface area contributed by atoms with Gasteiger partial charge in [-0.1, -0.05) is 6.07 Å². The first-order chi connectivity index (χ1) is 10.6. The van der Waals surface area contributed by atoms with Crippen LogP contribution in [0.1, 0.15) is 37.8 Å². The first-order valence-corrected chi connectivity index (χ1v) is 8.29. The van der Waals surface area contributed by atoms with Gasteiger partial charge in [-0.3, -0.25) is 4.98 Å². The SMILES string of the molecule is C[C@H](c1cccnc1)N(C)C(=O)N[C@@H]1CCN(CC2CC2)C1. The van der Waals surface area contributed by atoms with Gasteiger partial charge in [0.25, 0.3) is 0 Å². The third kappa shape index (κ3) is 3.77. The van der Waals surface area contributed by atoms with E-state index >= 15 is 0 Å². The summed E-state index contributed by atoms with van der Waals surface area (Å²) in [6, 6.07) is 4.24. The Balaban J connectivity index is 1.48. The Labute approximate surface area is 132 Å². The quantitative estimate of drug-likeness (QED) is 0.907. The molecule has 2 atom stereocenters. The van der Waals surface area contributed by atoms with Gasteiger partial charge in [-0.15, -0.1) is 0 Å². The fourth-order valence-electron chi connectivity index (χ4n) is 3.08. The number of nitrogens with zero attached hydrogens (tertiary/aromatic N) is 3. The van der Waals surface area contributed by atoms with Gasteiger partial charge in [0, 0.05) is 45.1 Å². The van der Waals surface area contributed by atoms with Crippen LogP contribution < -0.4 is 5.32 Å². The first-order valence-electron chi connectivity index (χ1n) is 8.29. The minimum absolute atomic E-state index is 0.00891. The van der Waals surface area contributed by atoms with Crippen molar-refractivity contribution in [1.82, 2.24) is 20.1 Å². The highest BCUT2D eigenvalue weighted by Gasteiger charge is 2.30. The van der Waals surface area contributed by atoms with E-state index < -0.39 is 0 Å². The zero-order valence-electron chi connectivity index (χ0n) is 13.5. The van der Waals surface area contributed by atoms with Crippen molar-refractivity contribution in [2.24, 2.45) is 5.92 Å². The van der Waals surface area contributed by atoms with Gasteiger partial charge in [0.15, 0.2) is 0 Å². The first kappa shape index (κ1) is 15.3.